The van der Waals surface area contributed by atoms with Crippen molar-refractivity contribution in [2.24, 2.45) is 5.92 Å². The molecule has 0 bridgehead atoms. The Labute approximate surface area is 208 Å². The van der Waals surface area contributed by atoms with Gasteiger partial charge in [0.25, 0.3) is 0 Å². The summed E-state index contributed by atoms with van der Waals surface area (Å²) in [6, 6.07) is 28.6. The number of rotatable bonds is 7. The van der Waals surface area contributed by atoms with Gasteiger partial charge in [0, 0.05) is 17.8 Å². The quantitative estimate of drug-likeness (QED) is 0.240. The van der Waals surface area contributed by atoms with E-state index in [1.165, 1.54) is 7.11 Å². The molecule has 3 atom stereocenters. The standard InChI is InChI=1S/C29H25N3O4/c1-36-28(35)23-26(33)25(32-27(23)34)24(22-17-30-18-31-22)29(19-11-5-2-6-12-19,20-13-7-3-8-14-20)21-15-9-4-10-16-21/h2-18,23-25H,1H3,(H,30,31)(H,32,34). The predicted molar refractivity (Wildman–Crippen MR) is 133 cm³/mol. The second kappa shape index (κ2) is 9.62. The summed E-state index contributed by atoms with van der Waals surface area (Å²) in [6.07, 6.45) is 3.21. The number of amides is 1. The zero-order chi connectivity index (χ0) is 25.1. The molecule has 5 rings (SSSR count). The summed E-state index contributed by atoms with van der Waals surface area (Å²) in [6.45, 7) is 0. The molecule has 36 heavy (non-hydrogen) atoms. The zero-order valence-corrected chi connectivity index (χ0v) is 19.6. The lowest BCUT2D eigenvalue weighted by Crippen LogP contribution is -2.48. The highest BCUT2D eigenvalue weighted by Crippen LogP contribution is 2.51. The molecule has 2 N–H and O–H groups in total. The van der Waals surface area contributed by atoms with Gasteiger partial charge in [-0.3, -0.25) is 14.4 Å². The average molecular weight is 480 g/mol. The number of imidazole rings is 1. The van der Waals surface area contributed by atoms with Crippen LogP contribution in [0, 0.1) is 5.92 Å². The number of aromatic nitrogens is 2. The molecule has 7 heteroatoms. The fraction of sp³-hybridized carbons (Fsp3) is 0.172. The van der Waals surface area contributed by atoms with Crippen LogP contribution < -0.4 is 5.32 Å². The largest absolute Gasteiger partial charge is 0.468 e. The lowest BCUT2D eigenvalue weighted by molar-refractivity contribution is -0.151. The van der Waals surface area contributed by atoms with Gasteiger partial charge in [0.2, 0.25) is 5.91 Å². The molecule has 7 nitrogen and oxygen atoms in total. The molecule has 3 unspecified atom stereocenters. The number of methoxy groups -OCH3 is 1. The second-order valence-corrected chi connectivity index (χ2v) is 8.74. The number of carbonyl (C=O) groups excluding carboxylic acids is 3. The van der Waals surface area contributed by atoms with Gasteiger partial charge in [-0.1, -0.05) is 91.0 Å². The topological polar surface area (TPSA) is 101 Å². The number of H-pyrrole nitrogens is 1. The van der Waals surface area contributed by atoms with E-state index in [1.54, 1.807) is 12.5 Å². The number of carbonyl (C=O) groups is 3. The molecule has 0 saturated carbocycles. The Hall–Kier alpha value is -4.52. The first-order valence-electron chi connectivity index (χ1n) is 11.7. The molecule has 180 valence electrons. The summed E-state index contributed by atoms with van der Waals surface area (Å²) in [7, 11) is 1.17. The molecule has 1 aliphatic heterocycles. The maximum absolute atomic E-state index is 13.8. The van der Waals surface area contributed by atoms with E-state index < -0.39 is 41.0 Å². The summed E-state index contributed by atoms with van der Waals surface area (Å²) in [5, 5.41) is 2.83. The fourth-order valence-corrected chi connectivity index (χ4v) is 5.45. The minimum atomic E-state index is -1.52. The minimum Gasteiger partial charge on any atom is -0.468 e. The van der Waals surface area contributed by atoms with E-state index in [-0.39, 0.29) is 0 Å². The first kappa shape index (κ1) is 23.2. The van der Waals surface area contributed by atoms with Crippen molar-refractivity contribution >= 4 is 17.7 Å². The molecule has 1 fully saturated rings. The molecule has 1 amide bonds. The summed E-state index contributed by atoms with van der Waals surface area (Å²) in [5.41, 5.74) is 2.48. The van der Waals surface area contributed by atoms with Gasteiger partial charge in [-0.25, -0.2) is 4.98 Å². The van der Waals surface area contributed by atoms with E-state index >= 15 is 0 Å². The van der Waals surface area contributed by atoms with Gasteiger partial charge in [0.15, 0.2) is 11.7 Å². The Bertz CT molecular complexity index is 1260. The lowest BCUT2D eigenvalue weighted by Gasteiger charge is -2.44. The number of ketones is 1. The molecule has 1 saturated heterocycles. The number of Topliss-reactive ketones (excluding diaryl/α,β-unsaturated/α-hetero) is 1. The van der Waals surface area contributed by atoms with Gasteiger partial charge in [-0.15, -0.1) is 0 Å². The van der Waals surface area contributed by atoms with Crippen LogP contribution in [0.3, 0.4) is 0 Å². The fourth-order valence-electron chi connectivity index (χ4n) is 5.45. The monoisotopic (exact) mass is 479 g/mol. The van der Waals surface area contributed by atoms with E-state index in [0.717, 1.165) is 16.7 Å². The maximum atomic E-state index is 13.8. The Morgan fingerprint density at radius 3 is 1.78 bits per heavy atom. The summed E-state index contributed by atoms with van der Waals surface area (Å²) >= 11 is 0. The Balaban J connectivity index is 1.85. The van der Waals surface area contributed by atoms with Crippen LogP contribution >= 0.6 is 0 Å². The molecule has 0 aliphatic carbocycles. The molecule has 1 aromatic heterocycles. The number of benzene rings is 3. The van der Waals surface area contributed by atoms with Gasteiger partial charge >= 0.3 is 5.97 Å². The summed E-state index contributed by atoms with van der Waals surface area (Å²) in [4.78, 5) is 46.6. The Morgan fingerprint density at radius 1 is 0.861 bits per heavy atom. The molecular weight excluding hydrogens is 454 g/mol. The van der Waals surface area contributed by atoms with Crippen molar-refractivity contribution in [1.29, 1.82) is 0 Å². The van der Waals surface area contributed by atoms with Crippen molar-refractivity contribution in [3.05, 3.63) is 126 Å². The van der Waals surface area contributed by atoms with Gasteiger partial charge in [0.05, 0.1) is 24.9 Å². The third-order valence-corrected chi connectivity index (χ3v) is 6.93. The van der Waals surface area contributed by atoms with Crippen molar-refractivity contribution in [2.45, 2.75) is 17.4 Å². The minimum absolute atomic E-state index is 0.529. The van der Waals surface area contributed by atoms with Crippen LogP contribution in [0.4, 0.5) is 0 Å². The van der Waals surface area contributed by atoms with Crippen molar-refractivity contribution in [3.63, 3.8) is 0 Å². The molecule has 1 aliphatic rings. The normalized spacial score (nSPS) is 18.5. The molecule has 0 radical (unpaired) electrons. The number of ether oxygens (including phenoxy) is 1. The number of hydrogen-bond acceptors (Lipinski definition) is 5. The van der Waals surface area contributed by atoms with Crippen LogP contribution in [0.1, 0.15) is 28.3 Å². The van der Waals surface area contributed by atoms with E-state index in [2.05, 4.69) is 15.3 Å². The SMILES string of the molecule is COC(=O)C1C(=O)NC(C(c2cnc[nH]2)C(c2ccccc2)(c2ccccc2)c2ccccc2)C1=O. The van der Waals surface area contributed by atoms with Crippen LogP contribution in [0.5, 0.6) is 0 Å². The van der Waals surface area contributed by atoms with Crippen LogP contribution in [0.15, 0.2) is 104 Å². The zero-order valence-electron chi connectivity index (χ0n) is 19.6. The number of esters is 1. The number of aromatic amines is 1. The Kier molecular flexibility index (Phi) is 6.21. The molecule has 4 aromatic rings. The van der Waals surface area contributed by atoms with Gasteiger partial charge in [-0.05, 0) is 16.7 Å². The number of hydrogen-bond donors (Lipinski definition) is 2. The van der Waals surface area contributed by atoms with E-state index in [1.807, 2.05) is 91.0 Å². The van der Waals surface area contributed by atoms with Crippen LogP contribution in [0.2, 0.25) is 0 Å². The summed E-state index contributed by atoms with van der Waals surface area (Å²) < 4.78 is 4.79. The third-order valence-electron chi connectivity index (χ3n) is 6.93. The number of nitrogens with one attached hydrogen (secondary N) is 2. The maximum Gasteiger partial charge on any atom is 0.325 e. The van der Waals surface area contributed by atoms with Gasteiger partial charge < -0.3 is 15.0 Å². The van der Waals surface area contributed by atoms with Crippen molar-refractivity contribution in [2.75, 3.05) is 7.11 Å². The average Bonchev–Trinajstić information content (AvgIpc) is 3.56. The highest BCUT2D eigenvalue weighted by atomic mass is 16.5. The molecular formula is C29H25N3O4. The summed E-state index contributed by atoms with van der Waals surface area (Å²) in [5.74, 6) is -4.25. The van der Waals surface area contributed by atoms with E-state index in [4.69, 9.17) is 4.74 Å². The first-order chi connectivity index (χ1) is 17.6. The molecule has 3 aromatic carbocycles. The highest BCUT2D eigenvalue weighted by Gasteiger charge is 2.57. The lowest BCUT2D eigenvalue weighted by atomic mass is 9.58. The van der Waals surface area contributed by atoms with Crippen LogP contribution in [0.25, 0.3) is 0 Å². The van der Waals surface area contributed by atoms with Crippen molar-refractivity contribution in [3.8, 4) is 0 Å². The smallest absolute Gasteiger partial charge is 0.325 e. The third kappa shape index (κ3) is 3.69. The van der Waals surface area contributed by atoms with E-state index in [0.29, 0.717) is 5.69 Å². The van der Waals surface area contributed by atoms with Crippen LogP contribution in [-0.4, -0.2) is 40.8 Å². The highest BCUT2D eigenvalue weighted by molar-refractivity contribution is 6.23. The molecule has 0 spiro atoms. The molecule has 2 heterocycles. The Morgan fingerprint density at radius 2 is 1.36 bits per heavy atom. The van der Waals surface area contributed by atoms with E-state index in [9.17, 15) is 14.4 Å². The first-order valence-corrected chi connectivity index (χ1v) is 11.7. The van der Waals surface area contributed by atoms with Gasteiger partial charge in [0.1, 0.15) is 0 Å². The van der Waals surface area contributed by atoms with Crippen molar-refractivity contribution < 1.29 is 19.1 Å². The predicted octanol–water partition coefficient (Wildman–Crippen LogP) is 3.38. The second-order valence-electron chi connectivity index (χ2n) is 8.74. The van der Waals surface area contributed by atoms with Crippen molar-refractivity contribution in [1.82, 2.24) is 15.3 Å². The number of nitrogens with zero attached hydrogens (tertiary/aromatic N) is 1. The van der Waals surface area contributed by atoms with Gasteiger partial charge in [-0.2, -0.15) is 0 Å². The van der Waals surface area contributed by atoms with Crippen LogP contribution in [-0.2, 0) is 24.5 Å².